The molecule has 0 aliphatic heterocycles. The van der Waals surface area contributed by atoms with E-state index in [2.05, 4.69) is 6.08 Å². The van der Waals surface area contributed by atoms with Crippen LogP contribution < -0.4 is 0 Å². The maximum Gasteiger partial charge on any atom is 0.303 e. The van der Waals surface area contributed by atoms with Crippen LogP contribution in [0.2, 0.25) is 0 Å². The Balaban J connectivity index is 2.37. The van der Waals surface area contributed by atoms with Crippen LogP contribution in [0.4, 0.5) is 0 Å². The van der Waals surface area contributed by atoms with Gasteiger partial charge in [0.15, 0.2) is 0 Å². The molecule has 0 radical (unpaired) electrons. The molecule has 1 saturated carbocycles. The average molecular weight is 296 g/mol. The summed E-state index contributed by atoms with van der Waals surface area (Å²) in [4.78, 5) is 10.4. The van der Waals surface area contributed by atoms with Gasteiger partial charge in [-0.1, -0.05) is 31.2 Å². The zero-order chi connectivity index (χ0) is 15.7. The van der Waals surface area contributed by atoms with E-state index in [0.29, 0.717) is 18.8 Å². The largest absolute Gasteiger partial charge is 0.481 e. The summed E-state index contributed by atoms with van der Waals surface area (Å²) in [5, 5.41) is 28.2. The molecule has 4 heteroatoms. The van der Waals surface area contributed by atoms with Gasteiger partial charge in [0.1, 0.15) is 0 Å². The van der Waals surface area contributed by atoms with Crippen LogP contribution >= 0.6 is 0 Å². The third-order valence-electron chi connectivity index (χ3n) is 4.18. The van der Waals surface area contributed by atoms with Gasteiger partial charge in [-0.15, -0.1) is 0 Å². The third-order valence-corrected chi connectivity index (χ3v) is 4.18. The quantitative estimate of drug-likeness (QED) is 0.451. The summed E-state index contributed by atoms with van der Waals surface area (Å²) in [6.07, 6.45) is 12.2. The van der Waals surface area contributed by atoms with Crippen LogP contribution in [0.3, 0.4) is 0 Å². The monoisotopic (exact) mass is 296 g/mol. The highest BCUT2D eigenvalue weighted by Crippen LogP contribution is 2.35. The first-order valence-corrected chi connectivity index (χ1v) is 7.95. The lowest BCUT2D eigenvalue weighted by Crippen LogP contribution is -2.17. The first-order chi connectivity index (χ1) is 10.0. The van der Waals surface area contributed by atoms with E-state index in [0.717, 1.165) is 25.7 Å². The molecule has 0 amide bonds. The second-order valence-electron chi connectivity index (χ2n) is 5.83. The Morgan fingerprint density at radius 1 is 1.33 bits per heavy atom. The van der Waals surface area contributed by atoms with Crippen molar-refractivity contribution in [1.82, 2.24) is 0 Å². The molecule has 0 saturated heterocycles. The smallest absolute Gasteiger partial charge is 0.303 e. The van der Waals surface area contributed by atoms with Crippen molar-refractivity contribution in [2.75, 3.05) is 0 Å². The van der Waals surface area contributed by atoms with Gasteiger partial charge in [0.25, 0.3) is 0 Å². The van der Waals surface area contributed by atoms with Crippen LogP contribution in [0.25, 0.3) is 0 Å². The van der Waals surface area contributed by atoms with Crippen molar-refractivity contribution < 1.29 is 20.1 Å². The molecule has 1 rings (SSSR count). The molecule has 4 nitrogen and oxygen atoms in total. The van der Waals surface area contributed by atoms with E-state index in [9.17, 15) is 15.0 Å². The number of rotatable bonds is 9. The maximum absolute atomic E-state index is 10.4. The van der Waals surface area contributed by atoms with Crippen molar-refractivity contribution in [3.63, 3.8) is 0 Å². The Kier molecular flexibility index (Phi) is 8.31. The molecule has 1 fully saturated rings. The standard InChI is InChI=1S/C17H28O4/c1-2-14(18)11-9-13-10-12-16(19)15(13)7-5-3-4-6-8-17(20)21/h3,5,9,11,13-16,18-19H,2,4,6-8,10,12H2,1H3,(H,20,21)/b5-3+,11-9+. The summed E-state index contributed by atoms with van der Waals surface area (Å²) in [7, 11) is 0. The van der Waals surface area contributed by atoms with Crippen molar-refractivity contribution in [3.8, 4) is 0 Å². The zero-order valence-corrected chi connectivity index (χ0v) is 12.8. The lowest BCUT2D eigenvalue weighted by molar-refractivity contribution is -0.137. The van der Waals surface area contributed by atoms with Gasteiger partial charge in [0.2, 0.25) is 0 Å². The summed E-state index contributed by atoms with van der Waals surface area (Å²) in [5.41, 5.74) is 0. The van der Waals surface area contributed by atoms with E-state index in [-0.39, 0.29) is 18.4 Å². The number of aliphatic hydroxyl groups is 2. The second-order valence-corrected chi connectivity index (χ2v) is 5.83. The van der Waals surface area contributed by atoms with Gasteiger partial charge in [-0.05, 0) is 50.4 Å². The van der Waals surface area contributed by atoms with E-state index in [1.165, 1.54) is 0 Å². The van der Waals surface area contributed by atoms with Crippen LogP contribution in [0.15, 0.2) is 24.3 Å². The van der Waals surface area contributed by atoms with E-state index in [4.69, 9.17) is 5.11 Å². The van der Waals surface area contributed by atoms with Crippen LogP contribution in [-0.2, 0) is 4.79 Å². The average Bonchev–Trinajstić information content (AvgIpc) is 2.80. The highest BCUT2D eigenvalue weighted by Gasteiger charge is 2.32. The van der Waals surface area contributed by atoms with Crippen molar-refractivity contribution >= 4 is 5.97 Å². The predicted octanol–water partition coefficient (Wildman–Crippen LogP) is 2.90. The Labute approximate surface area is 127 Å². The Bertz CT molecular complexity index is 362. The number of aliphatic carboxylic acids is 1. The summed E-state index contributed by atoms with van der Waals surface area (Å²) in [5.74, 6) is -0.222. The van der Waals surface area contributed by atoms with Gasteiger partial charge in [0.05, 0.1) is 12.2 Å². The van der Waals surface area contributed by atoms with Gasteiger partial charge >= 0.3 is 5.97 Å². The summed E-state index contributed by atoms with van der Waals surface area (Å²) in [6.45, 7) is 1.94. The van der Waals surface area contributed by atoms with Gasteiger partial charge in [-0.3, -0.25) is 4.79 Å². The molecule has 4 unspecified atom stereocenters. The fourth-order valence-corrected chi connectivity index (χ4v) is 2.80. The molecule has 3 N–H and O–H groups in total. The highest BCUT2D eigenvalue weighted by atomic mass is 16.4. The minimum absolute atomic E-state index is 0.205. The number of carboxylic acids is 1. The summed E-state index contributed by atoms with van der Waals surface area (Å²) < 4.78 is 0. The number of hydrogen-bond acceptors (Lipinski definition) is 3. The van der Waals surface area contributed by atoms with Crippen molar-refractivity contribution in [1.29, 1.82) is 0 Å². The van der Waals surface area contributed by atoms with Crippen molar-refractivity contribution in [2.24, 2.45) is 11.8 Å². The maximum atomic E-state index is 10.4. The number of unbranched alkanes of at least 4 members (excludes halogenated alkanes) is 1. The molecule has 120 valence electrons. The molecule has 4 atom stereocenters. The zero-order valence-electron chi connectivity index (χ0n) is 12.8. The molecule has 1 aliphatic carbocycles. The molecule has 0 heterocycles. The fraction of sp³-hybridized carbons (Fsp3) is 0.706. The number of hydrogen-bond donors (Lipinski definition) is 3. The van der Waals surface area contributed by atoms with E-state index in [1.807, 2.05) is 25.2 Å². The number of carboxylic acid groups (broad SMARTS) is 1. The van der Waals surface area contributed by atoms with Crippen LogP contribution in [0, 0.1) is 11.8 Å². The van der Waals surface area contributed by atoms with E-state index >= 15 is 0 Å². The molecule has 0 bridgehead atoms. The number of aliphatic hydroxyl groups excluding tert-OH is 2. The van der Waals surface area contributed by atoms with Crippen molar-refractivity contribution in [3.05, 3.63) is 24.3 Å². The summed E-state index contributed by atoms with van der Waals surface area (Å²) >= 11 is 0. The molecule has 1 aliphatic rings. The third kappa shape index (κ3) is 6.91. The van der Waals surface area contributed by atoms with Gasteiger partial charge < -0.3 is 15.3 Å². The fourth-order valence-electron chi connectivity index (χ4n) is 2.80. The minimum atomic E-state index is -0.755. The molecular weight excluding hydrogens is 268 g/mol. The van der Waals surface area contributed by atoms with E-state index < -0.39 is 12.1 Å². The second kappa shape index (κ2) is 9.74. The van der Waals surface area contributed by atoms with Crippen LogP contribution in [0.5, 0.6) is 0 Å². The normalized spacial score (nSPS) is 27.7. The van der Waals surface area contributed by atoms with Crippen LogP contribution in [0.1, 0.15) is 51.9 Å². The molecule has 0 aromatic heterocycles. The lowest BCUT2D eigenvalue weighted by Gasteiger charge is -2.18. The topological polar surface area (TPSA) is 77.8 Å². The van der Waals surface area contributed by atoms with Crippen LogP contribution in [-0.4, -0.2) is 33.5 Å². The summed E-state index contributed by atoms with van der Waals surface area (Å²) in [6, 6.07) is 0. The molecule has 0 aromatic carbocycles. The molecule has 21 heavy (non-hydrogen) atoms. The molecule has 0 aromatic rings. The van der Waals surface area contributed by atoms with Gasteiger partial charge in [0, 0.05) is 6.42 Å². The molecular formula is C17H28O4. The minimum Gasteiger partial charge on any atom is -0.481 e. The molecule has 0 spiro atoms. The Hall–Kier alpha value is -1.13. The number of carbonyl (C=O) groups is 1. The first kappa shape index (κ1) is 17.9. The van der Waals surface area contributed by atoms with Gasteiger partial charge in [-0.25, -0.2) is 0 Å². The highest BCUT2D eigenvalue weighted by molar-refractivity contribution is 5.66. The predicted molar refractivity (Wildman–Crippen MR) is 82.9 cm³/mol. The lowest BCUT2D eigenvalue weighted by atomic mass is 9.90. The van der Waals surface area contributed by atoms with E-state index in [1.54, 1.807) is 0 Å². The number of allylic oxidation sites excluding steroid dienone is 3. The van der Waals surface area contributed by atoms with Crippen molar-refractivity contribution in [2.45, 2.75) is 64.1 Å². The Morgan fingerprint density at radius 3 is 2.76 bits per heavy atom. The SMILES string of the molecule is CCC(O)/C=C/C1CCC(O)C1C/C=C/CCCC(=O)O. The first-order valence-electron chi connectivity index (χ1n) is 7.95. The Morgan fingerprint density at radius 2 is 2.10 bits per heavy atom. The van der Waals surface area contributed by atoms with Gasteiger partial charge in [-0.2, -0.15) is 0 Å².